The third-order valence-electron chi connectivity index (χ3n) is 9.34. The van der Waals surface area contributed by atoms with E-state index in [1.807, 2.05) is 25.7 Å². The van der Waals surface area contributed by atoms with Crippen LogP contribution in [0, 0.1) is 13.8 Å². The highest BCUT2D eigenvalue weighted by Gasteiger charge is 2.44. The molecule has 0 spiro atoms. The number of rotatable bonds is 5. The molecule has 1 aromatic carbocycles. The summed E-state index contributed by atoms with van der Waals surface area (Å²) in [5.74, 6) is 0.00766. The van der Waals surface area contributed by atoms with Gasteiger partial charge >= 0.3 is 6.18 Å². The number of aromatic nitrogens is 2. The summed E-state index contributed by atoms with van der Waals surface area (Å²) >= 11 is 0. The average molecular weight is 560 g/mol. The summed E-state index contributed by atoms with van der Waals surface area (Å²) in [6.45, 7) is 14.5. The van der Waals surface area contributed by atoms with Crippen LogP contribution in [0.15, 0.2) is 24.5 Å². The van der Waals surface area contributed by atoms with E-state index in [9.17, 15) is 18.0 Å². The topological polar surface area (TPSA) is 61.8 Å². The van der Waals surface area contributed by atoms with E-state index in [2.05, 4.69) is 33.6 Å². The lowest BCUT2D eigenvalue weighted by atomic mass is 9.86. The summed E-state index contributed by atoms with van der Waals surface area (Å²) in [6, 6.07) is 4.44. The van der Waals surface area contributed by atoms with Crippen molar-refractivity contribution in [3.63, 3.8) is 0 Å². The third kappa shape index (κ3) is 5.37. The van der Waals surface area contributed by atoms with Crippen LogP contribution in [0.25, 0.3) is 0 Å². The van der Waals surface area contributed by atoms with E-state index >= 15 is 0 Å². The second kappa shape index (κ2) is 11.0. The molecule has 1 aromatic heterocycles. The zero-order chi connectivity index (χ0) is 28.8. The largest absolute Gasteiger partial charge is 0.416 e. The van der Waals surface area contributed by atoms with E-state index in [-0.39, 0.29) is 29.6 Å². The van der Waals surface area contributed by atoms with Crippen molar-refractivity contribution in [1.29, 1.82) is 0 Å². The first-order valence-corrected chi connectivity index (χ1v) is 14.3. The molecule has 0 bridgehead atoms. The van der Waals surface area contributed by atoms with Gasteiger partial charge in [-0.25, -0.2) is 9.97 Å². The van der Waals surface area contributed by atoms with Crippen molar-refractivity contribution >= 4 is 5.91 Å². The lowest BCUT2D eigenvalue weighted by Gasteiger charge is -2.52. The number of benzene rings is 1. The molecule has 3 aliphatic rings. The van der Waals surface area contributed by atoms with Crippen LogP contribution >= 0.6 is 0 Å². The van der Waals surface area contributed by atoms with Gasteiger partial charge in [-0.1, -0.05) is 6.07 Å². The Bertz CT molecular complexity index is 1220. The molecule has 3 atom stereocenters. The van der Waals surface area contributed by atoms with Gasteiger partial charge in [0, 0.05) is 57.0 Å². The highest BCUT2D eigenvalue weighted by atomic mass is 19.4. The van der Waals surface area contributed by atoms with Gasteiger partial charge in [-0.05, 0) is 77.1 Å². The Hall–Kier alpha value is -2.56. The van der Waals surface area contributed by atoms with Crippen molar-refractivity contribution in [3.8, 4) is 0 Å². The Labute approximate surface area is 234 Å². The summed E-state index contributed by atoms with van der Waals surface area (Å²) < 4.78 is 46.3. The summed E-state index contributed by atoms with van der Waals surface area (Å²) in [6.07, 6.45) is -0.752. The summed E-state index contributed by atoms with van der Waals surface area (Å²) in [4.78, 5) is 28.6. The van der Waals surface area contributed by atoms with E-state index in [0.717, 1.165) is 38.0 Å². The molecule has 0 radical (unpaired) electrons. The molecule has 2 aliphatic heterocycles. The highest BCUT2D eigenvalue weighted by Crippen LogP contribution is 2.47. The number of halogens is 3. The number of piperazine rings is 1. The predicted molar refractivity (Wildman–Crippen MR) is 146 cm³/mol. The van der Waals surface area contributed by atoms with Crippen molar-refractivity contribution < 1.29 is 22.7 Å². The Kier molecular flexibility index (Phi) is 7.98. The fraction of sp³-hybridized carbons (Fsp3) is 0.633. The van der Waals surface area contributed by atoms with Gasteiger partial charge in [0.2, 0.25) is 0 Å². The van der Waals surface area contributed by atoms with Crippen LogP contribution in [0.2, 0.25) is 0 Å². The van der Waals surface area contributed by atoms with Crippen LogP contribution in [0.1, 0.15) is 90.6 Å². The molecule has 218 valence electrons. The average Bonchev–Trinajstić information content (AvgIpc) is 3.26. The Morgan fingerprint density at radius 2 is 1.75 bits per heavy atom. The molecule has 1 amide bonds. The molecule has 40 heavy (non-hydrogen) atoms. The molecule has 2 aromatic rings. The van der Waals surface area contributed by atoms with Gasteiger partial charge in [-0.3, -0.25) is 14.6 Å². The number of hydrogen-bond acceptors (Lipinski definition) is 6. The number of carbonyl (C=O) groups is 1. The smallest absolute Gasteiger partial charge is 0.374 e. The molecule has 3 unspecified atom stereocenters. The van der Waals surface area contributed by atoms with Gasteiger partial charge in [0.1, 0.15) is 6.33 Å². The second-order valence-electron chi connectivity index (χ2n) is 11.8. The number of hydrogen-bond donors (Lipinski definition) is 0. The Morgan fingerprint density at radius 1 is 1.07 bits per heavy atom. The van der Waals surface area contributed by atoms with Crippen molar-refractivity contribution in [2.75, 3.05) is 39.3 Å². The Morgan fingerprint density at radius 3 is 2.35 bits per heavy atom. The van der Waals surface area contributed by atoms with E-state index in [0.29, 0.717) is 48.6 Å². The fourth-order valence-corrected chi connectivity index (χ4v) is 6.96. The normalized spacial score (nSPS) is 25.7. The first-order chi connectivity index (χ1) is 18.9. The van der Waals surface area contributed by atoms with Crippen molar-refractivity contribution in [3.05, 3.63) is 58.2 Å². The van der Waals surface area contributed by atoms with Gasteiger partial charge in [0.15, 0.2) is 0 Å². The summed E-state index contributed by atoms with van der Waals surface area (Å²) in [7, 11) is 0. The number of amides is 1. The minimum Gasteiger partial charge on any atom is -0.374 e. The first-order valence-electron chi connectivity index (χ1n) is 14.3. The van der Waals surface area contributed by atoms with Crippen LogP contribution in [0.4, 0.5) is 13.2 Å². The van der Waals surface area contributed by atoms with Gasteiger partial charge in [-0.2, -0.15) is 13.2 Å². The lowest BCUT2D eigenvalue weighted by molar-refractivity contribution is -0.137. The van der Waals surface area contributed by atoms with Crippen LogP contribution in [-0.2, 0) is 10.9 Å². The molecule has 7 nitrogen and oxygen atoms in total. The molecule has 2 fully saturated rings. The third-order valence-corrected chi connectivity index (χ3v) is 9.34. The van der Waals surface area contributed by atoms with Crippen LogP contribution < -0.4 is 0 Å². The van der Waals surface area contributed by atoms with Gasteiger partial charge in [-0.15, -0.1) is 0 Å². The molecular formula is C30H40F3N5O2. The quantitative estimate of drug-likeness (QED) is 0.493. The van der Waals surface area contributed by atoms with Crippen LogP contribution in [0.5, 0.6) is 0 Å². The minimum atomic E-state index is -4.37. The van der Waals surface area contributed by atoms with Gasteiger partial charge in [0.25, 0.3) is 5.91 Å². The van der Waals surface area contributed by atoms with Crippen LogP contribution in [0.3, 0.4) is 0 Å². The maximum Gasteiger partial charge on any atom is 0.416 e. The summed E-state index contributed by atoms with van der Waals surface area (Å²) in [5.41, 5.74) is 3.04. The zero-order valence-corrected chi connectivity index (χ0v) is 24.1. The van der Waals surface area contributed by atoms with E-state index in [4.69, 9.17) is 4.74 Å². The van der Waals surface area contributed by atoms with Crippen molar-refractivity contribution in [2.45, 2.75) is 83.8 Å². The SMILES string of the molecule is CCOC1CC(N2CCN(C3(C)CCN(C(=O)c4c(C)ncnc4C)CC3)CC2C)c2ccc(C(F)(F)F)cc21. The number of aryl methyl sites for hydroxylation is 2. The maximum atomic E-state index is 13.4. The highest BCUT2D eigenvalue weighted by molar-refractivity contribution is 5.96. The lowest BCUT2D eigenvalue weighted by Crippen LogP contribution is -2.62. The number of likely N-dealkylation sites (tertiary alicyclic amines) is 1. The van der Waals surface area contributed by atoms with Crippen molar-refractivity contribution in [1.82, 2.24) is 24.7 Å². The number of alkyl halides is 3. The number of ether oxygens (including phenoxy) is 1. The predicted octanol–water partition coefficient (Wildman–Crippen LogP) is 5.34. The Balaban J connectivity index is 1.25. The number of fused-ring (bicyclic) bond motifs is 1. The maximum absolute atomic E-state index is 13.4. The zero-order valence-electron chi connectivity index (χ0n) is 24.1. The number of nitrogens with zero attached hydrogens (tertiary/aromatic N) is 5. The van der Waals surface area contributed by atoms with Crippen molar-refractivity contribution in [2.24, 2.45) is 0 Å². The molecule has 10 heteroatoms. The molecular weight excluding hydrogens is 519 g/mol. The van der Waals surface area contributed by atoms with Gasteiger partial charge < -0.3 is 9.64 Å². The first kappa shape index (κ1) is 29.0. The van der Waals surface area contributed by atoms with E-state index in [1.165, 1.54) is 18.5 Å². The fourth-order valence-electron chi connectivity index (χ4n) is 6.96. The molecule has 2 saturated heterocycles. The van der Waals surface area contributed by atoms with E-state index < -0.39 is 11.7 Å². The number of piperidine rings is 1. The van der Waals surface area contributed by atoms with Crippen LogP contribution in [-0.4, -0.2) is 81.5 Å². The summed E-state index contributed by atoms with van der Waals surface area (Å²) in [5, 5.41) is 0. The monoisotopic (exact) mass is 559 g/mol. The van der Waals surface area contributed by atoms with Gasteiger partial charge in [0.05, 0.1) is 28.6 Å². The molecule has 1 aliphatic carbocycles. The second-order valence-corrected chi connectivity index (χ2v) is 11.8. The molecule has 3 heterocycles. The molecule has 5 rings (SSSR count). The minimum absolute atomic E-state index is 0.00766. The van der Waals surface area contributed by atoms with E-state index in [1.54, 1.807) is 6.07 Å². The number of carbonyl (C=O) groups excluding carboxylic acids is 1. The molecule has 0 saturated carbocycles. The standard InChI is InChI=1S/C30H40F3N5O2/c1-6-40-26-16-25(23-8-7-22(15-24(23)26)30(31,32)33)38-14-13-37(17-19(38)2)29(5)9-11-36(12-10-29)28(39)27-20(3)34-18-35-21(27)4/h7-8,15,18-19,25-26H,6,9-14,16-17H2,1-5H3. The molecule has 0 N–H and O–H groups in total.